The van der Waals surface area contributed by atoms with E-state index in [1.807, 2.05) is 54.6 Å². The number of ether oxygens (including phenoxy) is 1. The lowest BCUT2D eigenvalue weighted by molar-refractivity contribution is 0.104. The van der Waals surface area contributed by atoms with Gasteiger partial charge in [0.2, 0.25) is 0 Å². The Hall–Kier alpha value is -2.87. The third kappa shape index (κ3) is 2.15. The molecular formula is C21H16O2. The highest BCUT2D eigenvalue weighted by Gasteiger charge is 2.26. The highest BCUT2D eigenvalue weighted by Crippen LogP contribution is 2.39. The maximum Gasteiger partial charge on any atom is 0.194 e. The monoisotopic (exact) mass is 300 g/mol. The molecule has 0 unspecified atom stereocenters. The second-order valence-electron chi connectivity index (χ2n) is 5.88. The van der Waals surface area contributed by atoms with E-state index in [4.69, 9.17) is 4.74 Å². The minimum absolute atomic E-state index is 0.0916. The van der Waals surface area contributed by atoms with E-state index in [-0.39, 0.29) is 5.78 Å². The molecule has 1 aliphatic carbocycles. The predicted octanol–water partition coefficient (Wildman–Crippen LogP) is 5.31. The van der Waals surface area contributed by atoms with E-state index in [2.05, 4.69) is 19.9 Å². The van der Waals surface area contributed by atoms with E-state index in [1.54, 1.807) is 0 Å². The molecule has 0 fully saturated rings. The van der Waals surface area contributed by atoms with Gasteiger partial charge in [-0.15, -0.1) is 0 Å². The van der Waals surface area contributed by atoms with Crippen LogP contribution in [0.2, 0.25) is 0 Å². The van der Waals surface area contributed by atoms with Crippen molar-refractivity contribution in [3.8, 4) is 22.6 Å². The molecule has 3 aromatic carbocycles. The van der Waals surface area contributed by atoms with Gasteiger partial charge in [0.05, 0.1) is 0 Å². The zero-order chi connectivity index (χ0) is 16.0. The number of hydrogen-bond acceptors (Lipinski definition) is 2. The summed E-state index contributed by atoms with van der Waals surface area (Å²) in [5, 5.41) is 0. The van der Waals surface area contributed by atoms with Crippen LogP contribution in [0.1, 0.15) is 27.0 Å². The predicted molar refractivity (Wildman–Crippen MR) is 91.3 cm³/mol. The van der Waals surface area contributed by atoms with Crippen LogP contribution in [0.5, 0.6) is 11.5 Å². The van der Waals surface area contributed by atoms with Gasteiger partial charge in [0.25, 0.3) is 0 Å². The first-order chi connectivity index (χ1) is 11.1. The zero-order valence-corrected chi connectivity index (χ0v) is 13.1. The molecule has 4 rings (SSSR count). The van der Waals surface area contributed by atoms with Crippen molar-refractivity contribution in [2.75, 3.05) is 0 Å². The van der Waals surface area contributed by atoms with Crippen molar-refractivity contribution in [2.45, 2.75) is 13.8 Å². The minimum Gasteiger partial charge on any atom is -0.457 e. The number of ketones is 1. The summed E-state index contributed by atoms with van der Waals surface area (Å²) < 4.78 is 6.05. The summed E-state index contributed by atoms with van der Waals surface area (Å²) in [6.45, 7) is 4.12. The van der Waals surface area contributed by atoms with Crippen LogP contribution in [-0.4, -0.2) is 5.78 Å². The summed E-state index contributed by atoms with van der Waals surface area (Å²) in [5.41, 5.74) is 5.78. The van der Waals surface area contributed by atoms with E-state index >= 15 is 0 Å². The second kappa shape index (κ2) is 5.10. The topological polar surface area (TPSA) is 26.3 Å². The van der Waals surface area contributed by atoms with Gasteiger partial charge in [-0.3, -0.25) is 4.79 Å². The molecule has 0 radical (unpaired) electrons. The lowest BCUT2D eigenvalue weighted by atomic mass is 10.1. The average molecular weight is 300 g/mol. The fourth-order valence-electron chi connectivity index (χ4n) is 3.03. The quantitative estimate of drug-likeness (QED) is 0.501. The number of carbonyl (C=O) groups is 1. The van der Waals surface area contributed by atoms with Crippen LogP contribution in [0, 0.1) is 13.8 Å². The van der Waals surface area contributed by atoms with Gasteiger partial charge in [0.1, 0.15) is 11.5 Å². The van der Waals surface area contributed by atoms with E-state index in [9.17, 15) is 4.79 Å². The molecule has 3 aromatic rings. The van der Waals surface area contributed by atoms with Crippen molar-refractivity contribution in [1.29, 1.82) is 0 Å². The molecule has 0 amide bonds. The van der Waals surface area contributed by atoms with Crippen LogP contribution in [0.3, 0.4) is 0 Å². The van der Waals surface area contributed by atoms with E-state index < -0.39 is 0 Å². The Balaban J connectivity index is 1.77. The van der Waals surface area contributed by atoms with E-state index in [0.29, 0.717) is 0 Å². The summed E-state index contributed by atoms with van der Waals surface area (Å²) in [4.78, 5) is 12.4. The van der Waals surface area contributed by atoms with Crippen molar-refractivity contribution in [3.05, 3.63) is 82.9 Å². The van der Waals surface area contributed by atoms with Gasteiger partial charge >= 0.3 is 0 Å². The highest BCUT2D eigenvalue weighted by atomic mass is 16.5. The van der Waals surface area contributed by atoms with Crippen LogP contribution in [0.25, 0.3) is 11.1 Å². The highest BCUT2D eigenvalue weighted by molar-refractivity contribution is 6.21. The lowest BCUT2D eigenvalue weighted by Crippen LogP contribution is -1.95. The van der Waals surface area contributed by atoms with Crippen molar-refractivity contribution in [1.82, 2.24) is 0 Å². The van der Waals surface area contributed by atoms with Gasteiger partial charge in [-0.25, -0.2) is 0 Å². The van der Waals surface area contributed by atoms with E-state index in [0.717, 1.165) is 39.3 Å². The number of rotatable bonds is 2. The maximum atomic E-state index is 12.4. The Morgan fingerprint density at radius 3 is 2.30 bits per heavy atom. The van der Waals surface area contributed by atoms with Crippen molar-refractivity contribution in [2.24, 2.45) is 0 Å². The summed E-state index contributed by atoms with van der Waals surface area (Å²) >= 11 is 0. The zero-order valence-electron chi connectivity index (χ0n) is 13.1. The molecule has 0 atom stereocenters. The Morgan fingerprint density at radius 2 is 1.48 bits per heavy atom. The van der Waals surface area contributed by atoms with Gasteiger partial charge in [-0.05, 0) is 60.4 Å². The first-order valence-corrected chi connectivity index (χ1v) is 7.67. The number of aryl methyl sites for hydroxylation is 1. The van der Waals surface area contributed by atoms with Crippen LogP contribution in [0.4, 0.5) is 0 Å². The summed E-state index contributed by atoms with van der Waals surface area (Å²) in [7, 11) is 0. The minimum atomic E-state index is 0.0916. The van der Waals surface area contributed by atoms with Gasteiger partial charge in [0, 0.05) is 11.1 Å². The molecule has 2 nitrogen and oxygen atoms in total. The van der Waals surface area contributed by atoms with Crippen LogP contribution in [0.15, 0.2) is 60.7 Å². The molecule has 0 spiro atoms. The van der Waals surface area contributed by atoms with Crippen LogP contribution < -0.4 is 4.74 Å². The largest absolute Gasteiger partial charge is 0.457 e. The molecule has 0 bridgehead atoms. The smallest absolute Gasteiger partial charge is 0.194 e. The Bertz CT molecular complexity index is 938. The average Bonchev–Trinajstić information content (AvgIpc) is 2.85. The molecule has 0 N–H and O–H groups in total. The Morgan fingerprint density at radius 1 is 0.739 bits per heavy atom. The summed E-state index contributed by atoms with van der Waals surface area (Å²) in [6, 6.07) is 19.4. The molecule has 112 valence electrons. The van der Waals surface area contributed by atoms with Crippen molar-refractivity contribution in [3.63, 3.8) is 0 Å². The van der Waals surface area contributed by atoms with Crippen molar-refractivity contribution >= 4 is 5.78 Å². The first kappa shape index (κ1) is 13.8. The third-order valence-corrected chi connectivity index (χ3v) is 4.48. The summed E-state index contributed by atoms with van der Waals surface area (Å²) in [6.07, 6.45) is 0. The Kier molecular flexibility index (Phi) is 3.05. The molecular weight excluding hydrogens is 284 g/mol. The molecule has 0 aromatic heterocycles. The maximum absolute atomic E-state index is 12.4. The van der Waals surface area contributed by atoms with E-state index in [1.165, 1.54) is 5.56 Å². The van der Waals surface area contributed by atoms with Crippen LogP contribution >= 0.6 is 0 Å². The number of fused-ring (bicyclic) bond motifs is 3. The van der Waals surface area contributed by atoms with Crippen LogP contribution in [-0.2, 0) is 0 Å². The fraction of sp³-hybridized carbons (Fsp3) is 0.0952. The normalized spacial score (nSPS) is 12.0. The lowest BCUT2D eigenvalue weighted by Gasteiger charge is -2.11. The standard InChI is InChI=1S/C21H16O2/c1-13-6-5-9-20(14(13)2)23-15-10-11-18-19(12-15)16-7-3-4-8-17(16)21(18)22/h3-12H,1-2H3. The molecule has 0 saturated heterocycles. The first-order valence-electron chi connectivity index (χ1n) is 7.67. The molecule has 23 heavy (non-hydrogen) atoms. The molecule has 2 heteroatoms. The number of carbonyl (C=O) groups excluding carboxylic acids is 1. The molecule has 0 aliphatic heterocycles. The number of benzene rings is 3. The second-order valence-corrected chi connectivity index (χ2v) is 5.88. The number of hydrogen-bond donors (Lipinski definition) is 0. The molecule has 1 aliphatic rings. The third-order valence-electron chi connectivity index (χ3n) is 4.48. The van der Waals surface area contributed by atoms with Gasteiger partial charge in [-0.1, -0.05) is 36.4 Å². The van der Waals surface area contributed by atoms with Crippen molar-refractivity contribution < 1.29 is 9.53 Å². The molecule has 0 saturated carbocycles. The van der Waals surface area contributed by atoms with Gasteiger partial charge in [-0.2, -0.15) is 0 Å². The fourth-order valence-corrected chi connectivity index (χ4v) is 3.03. The SMILES string of the molecule is Cc1cccc(Oc2ccc3c(c2)-c2ccccc2C3=O)c1C. The summed E-state index contributed by atoms with van der Waals surface area (Å²) in [5.74, 6) is 1.69. The van der Waals surface area contributed by atoms with Gasteiger partial charge < -0.3 is 4.74 Å². The Labute approximate surface area is 135 Å². The van der Waals surface area contributed by atoms with Gasteiger partial charge in [0.15, 0.2) is 5.78 Å². The molecule has 0 heterocycles.